The summed E-state index contributed by atoms with van der Waals surface area (Å²) in [6.45, 7) is 9.35. The van der Waals surface area contributed by atoms with Gasteiger partial charge in [-0.05, 0) is 12.8 Å². The highest BCUT2D eigenvalue weighted by Gasteiger charge is 2.12. The van der Waals surface area contributed by atoms with Crippen molar-refractivity contribution >= 4 is 5.97 Å². The second-order valence-corrected chi connectivity index (χ2v) is 2.73. The van der Waals surface area contributed by atoms with Crippen LogP contribution in [0.1, 0.15) is 27.2 Å². The summed E-state index contributed by atoms with van der Waals surface area (Å²) in [4.78, 5) is 10.7. The molecule has 0 N–H and O–H groups in total. The third kappa shape index (κ3) is 3.81. The predicted octanol–water partition coefficient (Wildman–Crippen LogP) is 2.15. The van der Waals surface area contributed by atoms with Gasteiger partial charge in [0.2, 0.25) is 0 Å². The highest BCUT2D eigenvalue weighted by molar-refractivity contribution is 5.81. The van der Waals surface area contributed by atoms with Crippen molar-refractivity contribution in [3.8, 4) is 0 Å². The summed E-state index contributed by atoms with van der Waals surface area (Å²) < 4.78 is 5.00. The van der Waals surface area contributed by atoms with E-state index in [0.29, 0.717) is 5.92 Å². The van der Waals surface area contributed by atoms with E-state index in [4.69, 9.17) is 4.74 Å². The second kappa shape index (κ2) is 4.94. The minimum Gasteiger partial charge on any atom is -0.459 e. The van der Waals surface area contributed by atoms with Crippen LogP contribution in [0, 0.1) is 5.92 Å². The minimum absolute atomic E-state index is 0.00880. The van der Waals surface area contributed by atoms with Crippen LogP contribution >= 0.6 is 0 Å². The van der Waals surface area contributed by atoms with Gasteiger partial charge in [-0.1, -0.05) is 26.8 Å². The van der Waals surface area contributed by atoms with Gasteiger partial charge in [-0.25, -0.2) is 4.79 Å². The molecule has 0 fully saturated rings. The van der Waals surface area contributed by atoms with E-state index in [0.717, 1.165) is 6.42 Å². The Morgan fingerprint density at radius 3 is 2.55 bits per heavy atom. The second-order valence-electron chi connectivity index (χ2n) is 2.73. The van der Waals surface area contributed by atoms with E-state index in [1.165, 1.54) is 6.08 Å². The fraction of sp³-hybridized carbons (Fsp3) is 0.667. The molecule has 2 atom stereocenters. The van der Waals surface area contributed by atoms with Crippen molar-refractivity contribution in [2.75, 3.05) is 0 Å². The first-order valence-corrected chi connectivity index (χ1v) is 3.94. The molecule has 0 aliphatic heterocycles. The van der Waals surface area contributed by atoms with Gasteiger partial charge in [-0.3, -0.25) is 0 Å². The summed E-state index contributed by atoms with van der Waals surface area (Å²) in [5.74, 6) is 0.0803. The molecule has 0 bridgehead atoms. The van der Waals surface area contributed by atoms with Crippen LogP contribution < -0.4 is 0 Å². The van der Waals surface area contributed by atoms with Crippen LogP contribution in [0.4, 0.5) is 0 Å². The topological polar surface area (TPSA) is 26.3 Å². The van der Waals surface area contributed by atoms with Crippen molar-refractivity contribution in [1.29, 1.82) is 0 Å². The highest BCUT2D eigenvalue weighted by Crippen LogP contribution is 2.10. The summed E-state index contributed by atoms with van der Waals surface area (Å²) >= 11 is 0. The lowest BCUT2D eigenvalue weighted by atomic mass is 10.0. The SMILES string of the molecule is C=CC(=O)OC(C)C(C)CC. The van der Waals surface area contributed by atoms with Gasteiger partial charge in [0.05, 0.1) is 0 Å². The number of hydrogen-bond donors (Lipinski definition) is 0. The van der Waals surface area contributed by atoms with Crippen molar-refractivity contribution in [1.82, 2.24) is 0 Å². The molecule has 2 unspecified atom stereocenters. The molecular weight excluding hydrogens is 140 g/mol. The molecule has 11 heavy (non-hydrogen) atoms. The zero-order valence-electron chi connectivity index (χ0n) is 7.46. The molecule has 0 saturated heterocycles. The lowest BCUT2D eigenvalue weighted by Gasteiger charge is -2.17. The first-order chi connectivity index (χ1) is 5.11. The van der Waals surface area contributed by atoms with E-state index in [-0.39, 0.29) is 12.1 Å². The largest absolute Gasteiger partial charge is 0.459 e. The van der Waals surface area contributed by atoms with Gasteiger partial charge in [0, 0.05) is 6.08 Å². The molecule has 0 aromatic carbocycles. The van der Waals surface area contributed by atoms with Gasteiger partial charge in [-0.15, -0.1) is 0 Å². The summed E-state index contributed by atoms with van der Waals surface area (Å²) in [6, 6.07) is 0. The van der Waals surface area contributed by atoms with Crippen LogP contribution in [-0.2, 0) is 9.53 Å². The van der Waals surface area contributed by atoms with E-state index in [2.05, 4.69) is 20.4 Å². The molecule has 0 heterocycles. The Hall–Kier alpha value is -0.790. The average Bonchev–Trinajstić information content (AvgIpc) is 2.02. The Balaban J connectivity index is 3.76. The lowest BCUT2D eigenvalue weighted by molar-refractivity contribution is -0.144. The smallest absolute Gasteiger partial charge is 0.330 e. The zero-order valence-corrected chi connectivity index (χ0v) is 7.46. The molecule has 0 radical (unpaired) electrons. The molecule has 0 aliphatic carbocycles. The van der Waals surface area contributed by atoms with Gasteiger partial charge in [0.25, 0.3) is 0 Å². The maximum Gasteiger partial charge on any atom is 0.330 e. The number of hydrogen-bond acceptors (Lipinski definition) is 2. The molecule has 0 amide bonds. The monoisotopic (exact) mass is 156 g/mol. The maximum absolute atomic E-state index is 10.7. The molecule has 0 aromatic heterocycles. The first kappa shape index (κ1) is 10.2. The molecule has 2 nitrogen and oxygen atoms in total. The van der Waals surface area contributed by atoms with Gasteiger partial charge in [0.15, 0.2) is 0 Å². The van der Waals surface area contributed by atoms with Crippen molar-refractivity contribution < 1.29 is 9.53 Å². The van der Waals surface area contributed by atoms with E-state index >= 15 is 0 Å². The maximum atomic E-state index is 10.7. The quantitative estimate of drug-likeness (QED) is 0.460. The molecule has 0 spiro atoms. The molecule has 2 heteroatoms. The highest BCUT2D eigenvalue weighted by atomic mass is 16.5. The molecule has 0 aliphatic rings. The Kier molecular flexibility index (Phi) is 4.59. The van der Waals surface area contributed by atoms with Crippen LogP contribution in [0.2, 0.25) is 0 Å². The van der Waals surface area contributed by atoms with Crippen LogP contribution in [0.5, 0.6) is 0 Å². The zero-order chi connectivity index (χ0) is 8.85. The molecule has 0 aromatic rings. The number of carbonyl (C=O) groups excluding carboxylic acids is 1. The van der Waals surface area contributed by atoms with Gasteiger partial charge >= 0.3 is 5.97 Å². The predicted molar refractivity (Wildman–Crippen MR) is 45.2 cm³/mol. The van der Waals surface area contributed by atoms with Gasteiger partial charge in [0.1, 0.15) is 6.10 Å². The van der Waals surface area contributed by atoms with E-state index in [9.17, 15) is 4.79 Å². The molecule has 64 valence electrons. The Bertz CT molecular complexity index is 140. The summed E-state index contributed by atoms with van der Waals surface area (Å²) in [5.41, 5.74) is 0. The van der Waals surface area contributed by atoms with Crippen LogP contribution in [0.15, 0.2) is 12.7 Å². The first-order valence-electron chi connectivity index (χ1n) is 3.94. The number of rotatable bonds is 4. The summed E-state index contributed by atoms with van der Waals surface area (Å²) in [6.07, 6.45) is 2.20. The number of ether oxygens (including phenoxy) is 1. The van der Waals surface area contributed by atoms with Crippen LogP contribution in [0.3, 0.4) is 0 Å². The minimum atomic E-state index is -0.335. The lowest BCUT2D eigenvalue weighted by Crippen LogP contribution is -2.20. The Morgan fingerprint density at radius 2 is 2.18 bits per heavy atom. The van der Waals surface area contributed by atoms with E-state index in [1.54, 1.807) is 0 Å². The number of carbonyl (C=O) groups is 1. The Labute approximate surface area is 68.2 Å². The van der Waals surface area contributed by atoms with Crippen molar-refractivity contribution in [2.24, 2.45) is 5.92 Å². The van der Waals surface area contributed by atoms with Crippen molar-refractivity contribution in [3.05, 3.63) is 12.7 Å². The molecule has 0 saturated carbocycles. The van der Waals surface area contributed by atoms with Crippen LogP contribution in [-0.4, -0.2) is 12.1 Å². The number of esters is 1. The normalized spacial score (nSPS) is 15.2. The van der Waals surface area contributed by atoms with Crippen LogP contribution in [0.25, 0.3) is 0 Å². The summed E-state index contributed by atoms with van der Waals surface area (Å²) in [7, 11) is 0. The third-order valence-electron chi connectivity index (χ3n) is 1.91. The van der Waals surface area contributed by atoms with Crippen molar-refractivity contribution in [2.45, 2.75) is 33.3 Å². The fourth-order valence-corrected chi connectivity index (χ4v) is 0.679. The van der Waals surface area contributed by atoms with Gasteiger partial charge < -0.3 is 4.74 Å². The van der Waals surface area contributed by atoms with Crippen molar-refractivity contribution in [3.63, 3.8) is 0 Å². The van der Waals surface area contributed by atoms with Gasteiger partial charge in [-0.2, -0.15) is 0 Å². The molecular formula is C9H16O2. The average molecular weight is 156 g/mol. The Morgan fingerprint density at radius 1 is 1.64 bits per heavy atom. The van der Waals surface area contributed by atoms with E-state index < -0.39 is 0 Å². The van der Waals surface area contributed by atoms with E-state index in [1.807, 2.05) is 6.92 Å². The molecule has 0 rings (SSSR count). The summed E-state index contributed by atoms with van der Waals surface area (Å²) in [5, 5.41) is 0. The standard InChI is InChI=1S/C9H16O2/c1-5-7(3)8(4)11-9(10)6-2/h6-8H,2,5H2,1,3-4H3. The third-order valence-corrected chi connectivity index (χ3v) is 1.91. The fourth-order valence-electron chi connectivity index (χ4n) is 0.679.